The molecule has 0 fully saturated rings. The van der Waals surface area contributed by atoms with Gasteiger partial charge in [0.1, 0.15) is 18.9 Å². The van der Waals surface area contributed by atoms with E-state index in [1.165, 1.54) is 0 Å². The number of anilines is 1. The third-order valence-electron chi connectivity index (χ3n) is 2.80. The monoisotopic (exact) mass is 310 g/mol. The Morgan fingerprint density at radius 1 is 1.28 bits per heavy atom. The van der Waals surface area contributed by atoms with E-state index in [2.05, 4.69) is 21.1 Å². The lowest BCUT2D eigenvalue weighted by atomic mass is 10.1. The summed E-state index contributed by atoms with van der Waals surface area (Å²) in [6, 6.07) is 3.55. The average Bonchev–Trinajstić information content (AvgIpc) is 2.80. The predicted octanol–water partition coefficient (Wildman–Crippen LogP) is 2.77. The fourth-order valence-electron chi connectivity index (χ4n) is 1.93. The largest absolute Gasteiger partial charge is 0.486 e. The molecule has 0 atom stereocenters. The van der Waals surface area contributed by atoms with Crippen LogP contribution in [0.5, 0.6) is 11.5 Å². The van der Waals surface area contributed by atoms with Crippen LogP contribution in [0.4, 0.5) is 5.88 Å². The second-order valence-corrected chi connectivity index (χ2v) is 4.79. The van der Waals surface area contributed by atoms with Crippen molar-refractivity contribution in [2.24, 2.45) is 0 Å². The topological polar surface area (TPSA) is 70.5 Å². The van der Waals surface area contributed by atoms with E-state index >= 15 is 0 Å². The van der Waals surface area contributed by atoms with Gasteiger partial charge in [-0.3, -0.25) is 0 Å². The highest BCUT2D eigenvalue weighted by molar-refractivity contribution is 9.10. The molecular weight excluding hydrogens is 300 g/mol. The minimum absolute atomic E-state index is 0.282. The molecule has 5 nitrogen and oxygen atoms in total. The van der Waals surface area contributed by atoms with Crippen LogP contribution < -0.4 is 15.2 Å². The molecule has 3 rings (SSSR count). The molecule has 0 spiro atoms. The molecule has 0 aliphatic carbocycles. The Morgan fingerprint density at radius 3 is 2.78 bits per heavy atom. The minimum atomic E-state index is 0.282. The summed E-state index contributed by atoms with van der Waals surface area (Å²) in [4.78, 5) is 0. The molecule has 0 saturated heterocycles. The highest BCUT2D eigenvalue weighted by Gasteiger charge is 2.21. The van der Waals surface area contributed by atoms with Crippen molar-refractivity contribution in [1.82, 2.24) is 5.16 Å². The minimum Gasteiger partial charge on any atom is -0.486 e. The number of nitrogens with two attached hydrogens (primary N) is 1. The first-order chi connectivity index (χ1) is 8.66. The first-order valence-electron chi connectivity index (χ1n) is 5.48. The van der Waals surface area contributed by atoms with Gasteiger partial charge in [0.05, 0.1) is 0 Å². The highest BCUT2D eigenvalue weighted by Crippen LogP contribution is 2.43. The molecule has 18 heavy (non-hydrogen) atoms. The molecule has 2 heterocycles. The fraction of sp³-hybridized carbons (Fsp3) is 0.250. The van der Waals surface area contributed by atoms with E-state index in [0.717, 1.165) is 27.1 Å². The maximum absolute atomic E-state index is 5.61. The van der Waals surface area contributed by atoms with E-state index in [9.17, 15) is 0 Å². The molecule has 2 N–H and O–H groups in total. The number of benzene rings is 1. The third-order valence-corrected chi connectivity index (χ3v) is 3.82. The molecule has 6 heteroatoms. The summed E-state index contributed by atoms with van der Waals surface area (Å²) >= 11 is 3.55. The summed E-state index contributed by atoms with van der Waals surface area (Å²) in [6.45, 7) is 3.08. The van der Waals surface area contributed by atoms with E-state index < -0.39 is 0 Å². The zero-order chi connectivity index (χ0) is 12.7. The molecule has 1 aromatic carbocycles. The van der Waals surface area contributed by atoms with E-state index in [-0.39, 0.29) is 5.88 Å². The maximum Gasteiger partial charge on any atom is 0.222 e. The summed E-state index contributed by atoms with van der Waals surface area (Å²) in [5, 5.41) is 3.91. The van der Waals surface area contributed by atoms with Crippen LogP contribution in [0.2, 0.25) is 0 Å². The number of hydrogen-bond acceptors (Lipinski definition) is 5. The van der Waals surface area contributed by atoms with Gasteiger partial charge in [0.15, 0.2) is 11.5 Å². The lowest BCUT2D eigenvalue weighted by molar-refractivity contribution is 0.170. The van der Waals surface area contributed by atoms with Crippen molar-refractivity contribution in [2.45, 2.75) is 6.92 Å². The molecule has 0 radical (unpaired) electrons. The van der Waals surface area contributed by atoms with Crippen LogP contribution in [0.25, 0.3) is 11.3 Å². The van der Waals surface area contributed by atoms with Crippen molar-refractivity contribution in [2.75, 3.05) is 18.9 Å². The summed E-state index contributed by atoms with van der Waals surface area (Å²) < 4.78 is 17.0. The number of hydrogen-bond donors (Lipinski definition) is 1. The van der Waals surface area contributed by atoms with Gasteiger partial charge >= 0.3 is 0 Å². The van der Waals surface area contributed by atoms with Gasteiger partial charge in [0, 0.05) is 21.7 Å². The smallest absolute Gasteiger partial charge is 0.222 e. The molecule has 0 saturated carbocycles. The van der Waals surface area contributed by atoms with Gasteiger partial charge in [0.2, 0.25) is 5.88 Å². The Hall–Kier alpha value is -1.69. The van der Waals surface area contributed by atoms with Crippen LogP contribution in [0, 0.1) is 6.92 Å². The summed E-state index contributed by atoms with van der Waals surface area (Å²) in [5.41, 5.74) is 8.06. The van der Waals surface area contributed by atoms with Gasteiger partial charge in [-0.25, -0.2) is 0 Å². The second-order valence-electron chi connectivity index (χ2n) is 4.00. The molecular formula is C12H11BrN2O3. The number of fused-ring (bicyclic) bond motifs is 1. The van der Waals surface area contributed by atoms with Crippen molar-refractivity contribution >= 4 is 21.8 Å². The summed E-state index contributed by atoms with van der Waals surface area (Å²) in [6.07, 6.45) is 0. The SMILES string of the molecule is Cc1c(Br)c(-c2cc(N)on2)cc2c1OCCO2. The average molecular weight is 311 g/mol. The van der Waals surface area contributed by atoms with Gasteiger partial charge in [-0.05, 0) is 28.9 Å². The first kappa shape index (κ1) is 11.4. The zero-order valence-corrected chi connectivity index (χ0v) is 11.3. The normalized spacial score (nSPS) is 13.7. The number of ether oxygens (including phenoxy) is 2. The highest BCUT2D eigenvalue weighted by atomic mass is 79.9. The van der Waals surface area contributed by atoms with Crippen LogP contribution >= 0.6 is 15.9 Å². The lowest BCUT2D eigenvalue weighted by Crippen LogP contribution is -2.16. The van der Waals surface area contributed by atoms with Gasteiger partial charge in [-0.1, -0.05) is 5.16 Å². The molecule has 0 bridgehead atoms. The maximum atomic E-state index is 5.61. The number of rotatable bonds is 1. The second kappa shape index (κ2) is 4.20. The molecule has 2 aromatic rings. The molecule has 94 valence electrons. The Bertz CT molecular complexity index is 610. The number of nitrogen functional groups attached to an aromatic ring is 1. The molecule has 1 aliphatic rings. The van der Waals surface area contributed by atoms with E-state index in [4.69, 9.17) is 19.7 Å². The zero-order valence-electron chi connectivity index (χ0n) is 9.70. The number of nitrogens with zero attached hydrogens (tertiary/aromatic N) is 1. The standard InChI is InChI=1S/C12H11BrN2O3/c1-6-11(13)7(8-5-10(14)18-15-8)4-9-12(6)17-3-2-16-9/h4-5H,2-3,14H2,1H3. The van der Waals surface area contributed by atoms with Gasteiger partial charge in [0.25, 0.3) is 0 Å². The van der Waals surface area contributed by atoms with Crippen molar-refractivity contribution in [3.63, 3.8) is 0 Å². The Labute approximate surface area is 112 Å². The molecule has 1 aromatic heterocycles. The summed E-state index contributed by atoms with van der Waals surface area (Å²) in [5.74, 6) is 1.77. The van der Waals surface area contributed by atoms with Crippen molar-refractivity contribution in [1.29, 1.82) is 0 Å². The fourth-order valence-corrected chi connectivity index (χ4v) is 2.43. The molecule has 0 unspecified atom stereocenters. The van der Waals surface area contributed by atoms with Crippen LogP contribution in [-0.2, 0) is 0 Å². The molecule has 0 amide bonds. The van der Waals surface area contributed by atoms with Crippen LogP contribution in [0.15, 0.2) is 21.1 Å². The van der Waals surface area contributed by atoms with Crippen LogP contribution in [-0.4, -0.2) is 18.4 Å². The lowest BCUT2D eigenvalue weighted by Gasteiger charge is -2.22. The van der Waals surface area contributed by atoms with Crippen LogP contribution in [0.1, 0.15) is 5.56 Å². The molecule has 1 aliphatic heterocycles. The van der Waals surface area contributed by atoms with Gasteiger partial charge in [-0.2, -0.15) is 0 Å². The van der Waals surface area contributed by atoms with Crippen LogP contribution in [0.3, 0.4) is 0 Å². The Morgan fingerprint density at radius 2 is 2.06 bits per heavy atom. The van der Waals surface area contributed by atoms with Crippen molar-refractivity contribution in [3.05, 3.63) is 22.2 Å². The number of aromatic nitrogens is 1. The number of halogens is 1. The van der Waals surface area contributed by atoms with E-state index in [1.807, 2.05) is 13.0 Å². The van der Waals surface area contributed by atoms with Crippen molar-refractivity contribution in [3.8, 4) is 22.8 Å². The van der Waals surface area contributed by atoms with Gasteiger partial charge < -0.3 is 19.7 Å². The van der Waals surface area contributed by atoms with Crippen molar-refractivity contribution < 1.29 is 14.0 Å². The quantitative estimate of drug-likeness (QED) is 0.877. The predicted molar refractivity (Wildman–Crippen MR) is 69.8 cm³/mol. The van der Waals surface area contributed by atoms with E-state index in [1.54, 1.807) is 6.07 Å². The third kappa shape index (κ3) is 1.73. The first-order valence-corrected chi connectivity index (χ1v) is 6.27. The van der Waals surface area contributed by atoms with E-state index in [0.29, 0.717) is 18.9 Å². The Kier molecular flexibility index (Phi) is 2.66. The Balaban J connectivity index is 2.18. The summed E-state index contributed by atoms with van der Waals surface area (Å²) in [7, 11) is 0. The van der Waals surface area contributed by atoms with Gasteiger partial charge in [-0.15, -0.1) is 0 Å².